The van der Waals surface area contributed by atoms with Gasteiger partial charge in [-0.1, -0.05) is 0 Å². The Kier molecular flexibility index (Phi) is 14.2. The van der Waals surface area contributed by atoms with Gasteiger partial charge in [0.2, 0.25) is 0 Å². The molecule has 0 amide bonds. The van der Waals surface area contributed by atoms with Crippen LogP contribution < -0.4 is 0 Å². The van der Waals surface area contributed by atoms with Crippen LogP contribution in [0.2, 0.25) is 0 Å². The van der Waals surface area contributed by atoms with Gasteiger partial charge in [0.1, 0.15) is 48.8 Å². The minimum Gasteiger partial charge on any atom is -0.395 e. The SMILES string of the molecule is OCCN(CCO)CCO.OC[C@H]1O[C@@H](O[C@H]2[C@H](O)[C@@H](O)C(O)O[C@@H]2CO)[C@H](O)[C@@H](O)[C@H]1O. The Balaban J connectivity index is 0.000000461. The zero-order chi connectivity index (χ0) is 25.1. The molecule has 11 N–H and O–H groups in total. The average Bonchev–Trinajstić information content (AvgIpc) is 2.80. The van der Waals surface area contributed by atoms with Gasteiger partial charge in [0, 0.05) is 19.6 Å². The first-order chi connectivity index (χ1) is 15.7. The van der Waals surface area contributed by atoms with E-state index >= 15 is 0 Å². The van der Waals surface area contributed by atoms with E-state index in [0.717, 1.165) is 0 Å². The lowest BCUT2D eigenvalue weighted by Crippen LogP contribution is -2.64. The third-order valence-corrected chi connectivity index (χ3v) is 5.23. The highest BCUT2D eigenvalue weighted by Crippen LogP contribution is 2.28. The summed E-state index contributed by atoms with van der Waals surface area (Å²) in [7, 11) is 0. The molecule has 2 rings (SSSR count). The maximum absolute atomic E-state index is 9.94. The fraction of sp³-hybridized carbons (Fsp3) is 1.00. The molecule has 198 valence electrons. The molecule has 2 heterocycles. The highest BCUT2D eigenvalue weighted by molar-refractivity contribution is 4.93. The van der Waals surface area contributed by atoms with Crippen molar-refractivity contribution >= 4 is 0 Å². The number of ether oxygens (including phenoxy) is 3. The molecule has 0 saturated carbocycles. The largest absolute Gasteiger partial charge is 0.395 e. The van der Waals surface area contributed by atoms with E-state index < -0.39 is 74.6 Å². The molecule has 2 saturated heterocycles. The summed E-state index contributed by atoms with van der Waals surface area (Å²) in [5, 5.41) is 102. The third-order valence-electron chi connectivity index (χ3n) is 5.23. The van der Waals surface area contributed by atoms with Crippen LogP contribution in [0.1, 0.15) is 0 Å². The Morgan fingerprint density at radius 1 is 0.576 bits per heavy atom. The quantitative estimate of drug-likeness (QED) is 0.136. The normalized spacial score (nSPS) is 39.3. The molecular weight excluding hydrogens is 454 g/mol. The first kappa shape index (κ1) is 30.4. The Hall–Kier alpha value is -0.600. The van der Waals surface area contributed by atoms with Crippen LogP contribution in [0.25, 0.3) is 0 Å². The van der Waals surface area contributed by atoms with E-state index in [1.807, 2.05) is 0 Å². The topological polar surface area (TPSA) is 253 Å². The van der Waals surface area contributed by atoms with Crippen LogP contribution in [0.15, 0.2) is 0 Å². The lowest BCUT2D eigenvalue weighted by molar-refractivity contribution is -0.355. The number of aliphatic hydroxyl groups is 11. The van der Waals surface area contributed by atoms with Crippen molar-refractivity contribution in [3.8, 4) is 0 Å². The minimum atomic E-state index is -1.74. The van der Waals surface area contributed by atoms with Crippen molar-refractivity contribution in [1.82, 2.24) is 4.90 Å². The number of rotatable bonds is 10. The van der Waals surface area contributed by atoms with Gasteiger partial charge in [-0.2, -0.15) is 0 Å². The van der Waals surface area contributed by atoms with Gasteiger partial charge in [-0.15, -0.1) is 0 Å². The molecular formula is C18H37NO14. The fourth-order valence-corrected chi connectivity index (χ4v) is 3.33. The van der Waals surface area contributed by atoms with E-state index in [4.69, 9.17) is 34.6 Å². The molecule has 10 atom stereocenters. The predicted molar refractivity (Wildman–Crippen MR) is 106 cm³/mol. The van der Waals surface area contributed by atoms with Crippen molar-refractivity contribution in [2.45, 2.75) is 61.4 Å². The predicted octanol–water partition coefficient (Wildman–Crippen LogP) is -7.13. The minimum absolute atomic E-state index is 0.0694. The van der Waals surface area contributed by atoms with E-state index in [2.05, 4.69) is 0 Å². The summed E-state index contributed by atoms with van der Waals surface area (Å²) in [6.45, 7) is 0.408. The summed E-state index contributed by atoms with van der Waals surface area (Å²) in [6.07, 6.45) is -15.6. The molecule has 0 bridgehead atoms. The second-order valence-corrected chi connectivity index (χ2v) is 7.54. The van der Waals surface area contributed by atoms with E-state index in [0.29, 0.717) is 19.6 Å². The summed E-state index contributed by atoms with van der Waals surface area (Å²) in [5.74, 6) is 0. The van der Waals surface area contributed by atoms with Crippen molar-refractivity contribution in [3.05, 3.63) is 0 Å². The number of nitrogens with zero attached hydrogens (tertiary/aromatic N) is 1. The maximum Gasteiger partial charge on any atom is 0.187 e. The van der Waals surface area contributed by atoms with Crippen molar-refractivity contribution in [3.63, 3.8) is 0 Å². The monoisotopic (exact) mass is 491 g/mol. The molecule has 33 heavy (non-hydrogen) atoms. The Morgan fingerprint density at radius 3 is 1.55 bits per heavy atom. The summed E-state index contributed by atoms with van der Waals surface area (Å²) < 4.78 is 15.3. The van der Waals surface area contributed by atoms with E-state index in [-0.39, 0.29) is 19.8 Å². The van der Waals surface area contributed by atoms with Gasteiger partial charge in [-0.3, -0.25) is 4.90 Å². The highest BCUT2D eigenvalue weighted by Gasteiger charge is 2.50. The molecule has 15 nitrogen and oxygen atoms in total. The highest BCUT2D eigenvalue weighted by atomic mass is 16.7. The molecule has 15 heteroatoms. The van der Waals surface area contributed by atoms with Gasteiger partial charge >= 0.3 is 0 Å². The Morgan fingerprint density at radius 2 is 1.09 bits per heavy atom. The molecule has 1 unspecified atom stereocenters. The molecule has 2 aliphatic heterocycles. The van der Waals surface area contributed by atoms with Crippen LogP contribution in [0.4, 0.5) is 0 Å². The van der Waals surface area contributed by atoms with Crippen molar-refractivity contribution < 1.29 is 70.4 Å². The van der Waals surface area contributed by atoms with Gasteiger partial charge in [0.15, 0.2) is 12.6 Å². The Labute approximate surface area is 190 Å². The summed E-state index contributed by atoms with van der Waals surface area (Å²) in [5.41, 5.74) is 0. The lowest BCUT2D eigenvalue weighted by Gasteiger charge is -2.45. The first-order valence-electron chi connectivity index (χ1n) is 10.5. The second kappa shape index (κ2) is 15.4. The Bertz CT molecular complexity index is 500. The van der Waals surface area contributed by atoms with Crippen LogP contribution in [0, 0.1) is 0 Å². The van der Waals surface area contributed by atoms with Crippen molar-refractivity contribution in [2.24, 2.45) is 0 Å². The standard InChI is InChI=1S/C12H22O11.C6H15NO3/c13-1-3-5(15)6(16)9(19)12(22-3)23-10-4(2-14)21-11(20)8(18)7(10)17;8-4-1-7(2-5-9)3-6-10/h3-20H,1-2H2;8-10H,1-6H2/t3-,4-,5+,6+,7-,8-,9-,10-,11?,12+;/m1./s1. The van der Waals surface area contributed by atoms with Gasteiger partial charge in [-0.25, -0.2) is 0 Å². The molecule has 0 aliphatic carbocycles. The number of hydrogen-bond acceptors (Lipinski definition) is 15. The molecule has 2 fully saturated rings. The van der Waals surface area contributed by atoms with Crippen LogP contribution in [0.5, 0.6) is 0 Å². The van der Waals surface area contributed by atoms with E-state index in [9.17, 15) is 35.7 Å². The van der Waals surface area contributed by atoms with Crippen molar-refractivity contribution in [1.29, 1.82) is 0 Å². The fourth-order valence-electron chi connectivity index (χ4n) is 3.33. The average molecular weight is 491 g/mol. The number of hydrogen-bond donors (Lipinski definition) is 11. The summed E-state index contributed by atoms with van der Waals surface area (Å²) >= 11 is 0. The third kappa shape index (κ3) is 8.53. The molecule has 0 aromatic carbocycles. The summed E-state index contributed by atoms with van der Waals surface area (Å²) in [4.78, 5) is 1.79. The van der Waals surface area contributed by atoms with Crippen LogP contribution in [-0.4, -0.2) is 175 Å². The van der Waals surface area contributed by atoms with E-state index in [1.54, 1.807) is 4.90 Å². The smallest absolute Gasteiger partial charge is 0.187 e. The lowest BCUT2D eigenvalue weighted by atomic mass is 9.97. The number of aliphatic hydroxyl groups excluding tert-OH is 11. The van der Waals surface area contributed by atoms with Crippen LogP contribution >= 0.6 is 0 Å². The molecule has 2 aliphatic rings. The summed E-state index contributed by atoms with van der Waals surface area (Å²) in [6, 6.07) is 0. The zero-order valence-electron chi connectivity index (χ0n) is 18.0. The van der Waals surface area contributed by atoms with Crippen LogP contribution in [0.3, 0.4) is 0 Å². The second-order valence-electron chi connectivity index (χ2n) is 7.54. The van der Waals surface area contributed by atoms with Crippen molar-refractivity contribution in [2.75, 3.05) is 52.7 Å². The molecule has 0 aromatic heterocycles. The molecule has 0 spiro atoms. The zero-order valence-corrected chi connectivity index (χ0v) is 18.0. The van der Waals surface area contributed by atoms with Gasteiger partial charge in [-0.05, 0) is 0 Å². The first-order valence-corrected chi connectivity index (χ1v) is 10.5. The van der Waals surface area contributed by atoms with Crippen LogP contribution in [-0.2, 0) is 14.2 Å². The molecule has 0 aromatic rings. The van der Waals surface area contributed by atoms with E-state index in [1.165, 1.54) is 0 Å². The van der Waals surface area contributed by atoms with Gasteiger partial charge in [0.25, 0.3) is 0 Å². The van der Waals surface area contributed by atoms with Gasteiger partial charge in [0.05, 0.1) is 33.0 Å². The molecule has 0 radical (unpaired) electrons. The van der Waals surface area contributed by atoms with Gasteiger partial charge < -0.3 is 70.4 Å². The maximum atomic E-state index is 9.94.